The Bertz CT molecular complexity index is 703. The number of carbonyl (C=O) groups is 3. The highest BCUT2D eigenvalue weighted by Crippen LogP contribution is 2.36. The van der Waals surface area contributed by atoms with Gasteiger partial charge in [0, 0.05) is 33.0 Å². The molecule has 240 valence electrons. The van der Waals surface area contributed by atoms with Gasteiger partial charge in [-0.25, -0.2) is 0 Å². The van der Waals surface area contributed by atoms with Crippen LogP contribution in [0.2, 0.25) is 0 Å². The Morgan fingerprint density at radius 1 is 0.780 bits per heavy atom. The molecule has 0 radical (unpaired) electrons. The highest BCUT2D eigenvalue weighted by Gasteiger charge is 2.13. The number of amides is 2. The zero-order valence-corrected chi connectivity index (χ0v) is 28.5. The van der Waals surface area contributed by atoms with Crippen molar-refractivity contribution >= 4 is 87.7 Å². The van der Waals surface area contributed by atoms with Crippen LogP contribution < -0.4 is 16.0 Å². The van der Waals surface area contributed by atoms with Crippen molar-refractivity contribution in [2.45, 2.75) is 38.1 Å². The van der Waals surface area contributed by atoms with Crippen molar-refractivity contribution < 1.29 is 38.4 Å². The van der Waals surface area contributed by atoms with Gasteiger partial charge in [0.05, 0.1) is 62.5 Å². The Morgan fingerprint density at radius 2 is 1.37 bits per heavy atom. The van der Waals surface area contributed by atoms with Crippen molar-refractivity contribution in [3.63, 3.8) is 0 Å². The van der Waals surface area contributed by atoms with Crippen molar-refractivity contribution in [1.82, 2.24) is 16.0 Å². The Balaban J connectivity index is 3.64. The lowest BCUT2D eigenvalue weighted by atomic mass is 10.1. The van der Waals surface area contributed by atoms with Gasteiger partial charge < -0.3 is 45.4 Å². The number of hydrogen-bond acceptors (Lipinski definition) is 13. The summed E-state index contributed by atoms with van der Waals surface area (Å²) >= 11 is 0. The topological polar surface area (TPSA) is 167 Å². The fraction of sp³-hybridized carbons (Fsp3) is 0.826. The predicted molar refractivity (Wildman–Crippen MR) is 178 cm³/mol. The van der Waals surface area contributed by atoms with E-state index in [1.54, 1.807) is 50.3 Å². The largest absolute Gasteiger partial charge is 0.481 e. The maximum atomic E-state index is 11.9. The smallest absolute Gasteiger partial charge is 0.305 e. The first-order valence-electron chi connectivity index (χ1n) is 12.9. The van der Waals surface area contributed by atoms with E-state index < -0.39 is 12.0 Å². The summed E-state index contributed by atoms with van der Waals surface area (Å²) in [5, 5.41) is 29.2. The van der Waals surface area contributed by atoms with E-state index in [1.165, 1.54) is 10.8 Å². The van der Waals surface area contributed by atoms with Gasteiger partial charge in [-0.15, -0.1) is 0 Å². The first-order chi connectivity index (χ1) is 19.9. The van der Waals surface area contributed by atoms with E-state index in [4.69, 9.17) is 18.9 Å². The molecule has 0 spiro atoms. The monoisotopic (exact) mass is 695 g/mol. The molecule has 0 fully saturated rings. The first kappa shape index (κ1) is 40.8. The number of ether oxygens (including phenoxy) is 4. The maximum absolute atomic E-state index is 11.9. The lowest BCUT2D eigenvalue weighted by Crippen LogP contribution is -2.39. The van der Waals surface area contributed by atoms with Crippen LogP contribution in [0, 0.1) is 0 Å². The minimum absolute atomic E-state index is 0.102. The maximum Gasteiger partial charge on any atom is 0.305 e. The number of aliphatic carboxylic acids is 1. The molecule has 0 saturated heterocycles. The number of nitrogens with zero attached hydrogens (tertiary/aromatic N) is 1. The fourth-order valence-corrected chi connectivity index (χ4v) is 10.3. The van der Waals surface area contributed by atoms with Crippen LogP contribution in [-0.4, -0.2) is 117 Å². The summed E-state index contributed by atoms with van der Waals surface area (Å²) in [6, 6.07) is -0.892. The average molecular weight is 696 g/mol. The zero-order chi connectivity index (χ0) is 30.4. The van der Waals surface area contributed by atoms with Crippen molar-refractivity contribution in [2.24, 2.45) is 0 Å². The van der Waals surface area contributed by atoms with Crippen LogP contribution in [0.15, 0.2) is 0 Å². The van der Waals surface area contributed by atoms with E-state index >= 15 is 0 Å². The molecule has 0 heterocycles. The Morgan fingerprint density at radius 3 is 1.98 bits per heavy atom. The summed E-state index contributed by atoms with van der Waals surface area (Å²) in [5.74, 6) is -1.28. The van der Waals surface area contributed by atoms with E-state index in [9.17, 15) is 24.9 Å². The molecule has 0 aliphatic rings. The normalized spacial score (nSPS) is 11.7. The minimum atomic E-state index is -1.03. The molecule has 4 N–H and O–H groups in total. The van der Waals surface area contributed by atoms with Crippen LogP contribution in [0.4, 0.5) is 0 Å². The van der Waals surface area contributed by atoms with Gasteiger partial charge in [0.1, 0.15) is 0 Å². The number of amidine groups is 1. The van der Waals surface area contributed by atoms with Crippen molar-refractivity contribution in [1.29, 1.82) is 0 Å². The minimum Gasteiger partial charge on any atom is -0.481 e. The van der Waals surface area contributed by atoms with E-state index in [2.05, 4.69) is 16.0 Å². The molecule has 0 aromatic heterocycles. The van der Waals surface area contributed by atoms with Crippen LogP contribution in [0.1, 0.15) is 32.1 Å². The number of nitrogens with one attached hydrogen (secondary N) is 3. The number of unbranched alkanes of at least 4 members (excludes halogenated alkanes) is 1. The first-order valence-corrected chi connectivity index (χ1v) is 20.4. The van der Waals surface area contributed by atoms with Gasteiger partial charge in [-0.1, -0.05) is 71.2 Å². The molecule has 0 aromatic carbocycles. The zero-order valence-electron chi connectivity index (χ0n) is 23.6. The van der Waals surface area contributed by atoms with E-state index in [0.717, 1.165) is 21.0 Å². The highest BCUT2D eigenvalue weighted by molar-refractivity contribution is 8.90. The summed E-state index contributed by atoms with van der Waals surface area (Å²) in [5.41, 5.74) is 0. The van der Waals surface area contributed by atoms with Gasteiger partial charge in [-0.05, 0) is 24.3 Å². The number of hydrogen-bond donors (Lipinski definition) is 4. The molecule has 0 aromatic rings. The van der Waals surface area contributed by atoms with Crippen LogP contribution >= 0.6 is 64.8 Å². The summed E-state index contributed by atoms with van der Waals surface area (Å²) in [6.45, 7) is 3.47. The Kier molecular flexibility index (Phi) is 31.1. The van der Waals surface area contributed by atoms with Gasteiger partial charge in [0.15, 0.2) is 0 Å². The van der Waals surface area contributed by atoms with Crippen LogP contribution in [0.3, 0.4) is 0 Å². The Hall–Kier alpha value is -0.180. The molecule has 0 rings (SSSR count). The number of carboxylic acid groups (broad SMARTS) is 1. The molecule has 0 aliphatic heterocycles. The SMILES string of the molecule is COCCOCCC(=O)NCCOCCOCCC(=O)NCCCC[C@H](NC(=[N-])SSCSSCSSC)C(=O)O. The number of carboxylic acids is 1. The third kappa shape index (κ3) is 29.7. The summed E-state index contributed by atoms with van der Waals surface area (Å²) in [7, 11) is 11.1. The van der Waals surface area contributed by atoms with Crippen LogP contribution in [-0.2, 0) is 33.3 Å². The summed E-state index contributed by atoms with van der Waals surface area (Å²) in [4.78, 5) is 35.0. The molecule has 0 unspecified atom stereocenters. The second-order valence-corrected chi connectivity index (χ2v) is 15.9. The summed E-state index contributed by atoms with van der Waals surface area (Å²) < 4.78 is 20.9. The second kappa shape index (κ2) is 31.3. The van der Waals surface area contributed by atoms with Crippen LogP contribution in [0.25, 0.3) is 5.41 Å². The van der Waals surface area contributed by atoms with Crippen molar-refractivity contribution in [3.8, 4) is 0 Å². The van der Waals surface area contributed by atoms with Gasteiger partial charge in [0.2, 0.25) is 11.8 Å². The third-order valence-corrected chi connectivity index (χ3v) is 12.5. The lowest BCUT2D eigenvalue weighted by Gasteiger charge is -2.22. The molecular formula is C23H43N4O8S6-. The van der Waals surface area contributed by atoms with Crippen molar-refractivity contribution in [2.75, 3.05) is 82.9 Å². The van der Waals surface area contributed by atoms with E-state index in [-0.39, 0.29) is 36.4 Å². The molecule has 18 heteroatoms. The average Bonchev–Trinajstić information content (AvgIpc) is 2.94. The standard InChI is InChI=1S/C23H43N4O8S6/c1-32-13-14-33-10-7-21(29)26-9-12-35-16-15-34-11-6-20(28)25-8-4-3-5-19(22(30)31)27-23(24)41-40-18-39-38-17-37-36-2/h19H,3-18H2,1-2H3,(H4-,24,25,26,27,28,29,30,31)/q-1/t19-/m0/s1. The van der Waals surface area contributed by atoms with Crippen LogP contribution in [0.5, 0.6) is 0 Å². The predicted octanol–water partition coefficient (Wildman–Crippen LogP) is 3.52. The molecule has 12 nitrogen and oxygen atoms in total. The molecule has 0 bridgehead atoms. The number of rotatable bonds is 29. The molecule has 2 amide bonds. The number of carbonyl (C=O) groups excluding carboxylic acids is 2. The van der Waals surface area contributed by atoms with Crippen molar-refractivity contribution in [3.05, 3.63) is 5.41 Å². The quantitative estimate of drug-likeness (QED) is 0.0295. The highest BCUT2D eigenvalue weighted by atomic mass is 33.2. The number of methoxy groups -OCH3 is 1. The molecule has 0 saturated carbocycles. The second-order valence-electron chi connectivity index (χ2n) is 7.82. The Labute approximate surface area is 267 Å². The van der Waals surface area contributed by atoms with E-state index in [0.29, 0.717) is 72.0 Å². The van der Waals surface area contributed by atoms with E-state index in [1.807, 2.05) is 6.26 Å². The third-order valence-electron chi connectivity index (χ3n) is 4.69. The van der Waals surface area contributed by atoms with Gasteiger partial charge in [0.25, 0.3) is 0 Å². The molecule has 0 aliphatic carbocycles. The van der Waals surface area contributed by atoms with Gasteiger partial charge in [-0.3, -0.25) is 14.4 Å². The molecule has 41 heavy (non-hydrogen) atoms. The van der Waals surface area contributed by atoms with Gasteiger partial charge in [-0.2, -0.15) is 0 Å². The summed E-state index contributed by atoms with van der Waals surface area (Å²) in [6.07, 6.45) is 4.05. The lowest BCUT2D eigenvalue weighted by molar-refractivity contribution is -0.139. The molecule has 1 atom stereocenters. The molecular weight excluding hydrogens is 653 g/mol. The van der Waals surface area contributed by atoms with Gasteiger partial charge >= 0.3 is 5.97 Å². The fourth-order valence-electron chi connectivity index (χ4n) is 2.70.